The number of carbonyl (C=O) groups excluding carboxylic acids is 1. The predicted molar refractivity (Wildman–Crippen MR) is 77.7 cm³/mol. The summed E-state index contributed by atoms with van der Waals surface area (Å²) >= 11 is 0. The molecule has 2 N–H and O–H groups in total. The third kappa shape index (κ3) is 3.15. The van der Waals surface area contributed by atoms with Gasteiger partial charge in [-0.05, 0) is 30.7 Å². The summed E-state index contributed by atoms with van der Waals surface area (Å²) in [7, 11) is 0. The monoisotopic (exact) mass is 272 g/mol. The van der Waals surface area contributed by atoms with Crippen molar-refractivity contribution in [2.24, 2.45) is 0 Å². The lowest BCUT2D eigenvalue weighted by atomic mass is 10.1. The highest BCUT2D eigenvalue weighted by molar-refractivity contribution is 5.95. The molecule has 20 heavy (non-hydrogen) atoms. The van der Waals surface area contributed by atoms with Crippen LogP contribution in [-0.4, -0.2) is 17.4 Å². The highest BCUT2D eigenvalue weighted by Gasteiger charge is 2.15. The number of anilines is 1. The van der Waals surface area contributed by atoms with Gasteiger partial charge in [0.1, 0.15) is 5.82 Å². The Balaban J connectivity index is 2.18. The number of hydrogen-bond donors (Lipinski definition) is 1. The average molecular weight is 272 g/mol. The van der Waals surface area contributed by atoms with E-state index in [0.29, 0.717) is 18.7 Å². The van der Waals surface area contributed by atoms with Gasteiger partial charge in [0.25, 0.3) is 5.91 Å². The molecule has 104 valence electrons. The highest BCUT2D eigenvalue weighted by atomic mass is 19.1. The van der Waals surface area contributed by atoms with Gasteiger partial charge < -0.3 is 10.6 Å². The van der Waals surface area contributed by atoms with E-state index in [-0.39, 0.29) is 11.6 Å². The maximum absolute atomic E-state index is 13.1. The van der Waals surface area contributed by atoms with Gasteiger partial charge in [-0.3, -0.25) is 4.79 Å². The number of rotatable bonds is 4. The largest absolute Gasteiger partial charge is 0.396 e. The van der Waals surface area contributed by atoms with E-state index in [9.17, 15) is 9.18 Å². The first-order valence-electron chi connectivity index (χ1n) is 6.50. The molecule has 0 aliphatic carbocycles. The lowest BCUT2D eigenvalue weighted by molar-refractivity contribution is 0.0752. The molecule has 0 aliphatic rings. The van der Waals surface area contributed by atoms with E-state index >= 15 is 0 Å². The van der Waals surface area contributed by atoms with Crippen molar-refractivity contribution in [1.29, 1.82) is 0 Å². The molecule has 4 heteroatoms. The Kier molecular flexibility index (Phi) is 4.35. The molecule has 0 aromatic heterocycles. The third-order valence-electron chi connectivity index (χ3n) is 3.13. The second-order valence-corrected chi connectivity index (χ2v) is 4.54. The summed E-state index contributed by atoms with van der Waals surface area (Å²) in [5, 5.41) is 0. The SMILES string of the molecule is CCN(Cc1ccccc1)C(=O)c1ccc(F)c(N)c1. The lowest BCUT2D eigenvalue weighted by Crippen LogP contribution is -2.30. The van der Waals surface area contributed by atoms with Crippen LogP contribution in [0.4, 0.5) is 10.1 Å². The molecular formula is C16H17FN2O. The fraction of sp³-hybridized carbons (Fsp3) is 0.188. The average Bonchev–Trinajstić information content (AvgIpc) is 2.48. The molecular weight excluding hydrogens is 255 g/mol. The van der Waals surface area contributed by atoms with Crippen molar-refractivity contribution in [3.05, 3.63) is 65.5 Å². The fourth-order valence-electron chi connectivity index (χ4n) is 1.99. The number of halogens is 1. The molecule has 0 fully saturated rings. The minimum atomic E-state index is -0.507. The van der Waals surface area contributed by atoms with E-state index in [1.54, 1.807) is 4.90 Å². The predicted octanol–water partition coefficient (Wildman–Crippen LogP) is 3.07. The Morgan fingerprint density at radius 3 is 2.50 bits per heavy atom. The molecule has 0 radical (unpaired) electrons. The quantitative estimate of drug-likeness (QED) is 0.869. The topological polar surface area (TPSA) is 46.3 Å². The number of amides is 1. The number of benzene rings is 2. The van der Waals surface area contributed by atoms with Crippen molar-refractivity contribution in [2.75, 3.05) is 12.3 Å². The first-order chi connectivity index (χ1) is 9.61. The Bertz CT molecular complexity index is 599. The van der Waals surface area contributed by atoms with Crippen molar-refractivity contribution in [3.63, 3.8) is 0 Å². The molecule has 0 saturated heterocycles. The minimum absolute atomic E-state index is 0.00776. The number of nitrogen functional groups attached to an aromatic ring is 1. The Morgan fingerprint density at radius 1 is 1.20 bits per heavy atom. The number of nitrogens with zero attached hydrogens (tertiary/aromatic N) is 1. The van der Waals surface area contributed by atoms with Crippen LogP contribution in [0, 0.1) is 5.82 Å². The molecule has 0 saturated carbocycles. The summed E-state index contributed by atoms with van der Waals surface area (Å²) in [6.45, 7) is 3.01. The van der Waals surface area contributed by atoms with Gasteiger partial charge in [-0.15, -0.1) is 0 Å². The van der Waals surface area contributed by atoms with E-state index in [1.807, 2.05) is 37.3 Å². The van der Waals surface area contributed by atoms with Gasteiger partial charge >= 0.3 is 0 Å². The summed E-state index contributed by atoms with van der Waals surface area (Å²) < 4.78 is 13.1. The van der Waals surface area contributed by atoms with E-state index in [4.69, 9.17) is 5.73 Å². The van der Waals surface area contributed by atoms with Gasteiger partial charge in [0.05, 0.1) is 5.69 Å². The summed E-state index contributed by atoms with van der Waals surface area (Å²) in [6.07, 6.45) is 0. The smallest absolute Gasteiger partial charge is 0.254 e. The first-order valence-corrected chi connectivity index (χ1v) is 6.50. The zero-order chi connectivity index (χ0) is 14.5. The van der Waals surface area contributed by atoms with Crippen LogP contribution < -0.4 is 5.73 Å². The zero-order valence-electron chi connectivity index (χ0n) is 11.3. The summed E-state index contributed by atoms with van der Waals surface area (Å²) in [4.78, 5) is 14.1. The van der Waals surface area contributed by atoms with Gasteiger partial charge in [0.15, 0.2) is 0 Å². The molecule has 1 amide bonds. The second-order valence-electron chi connectivity index (χ2n) is 4.54. The summed E-state index contributed by atoms with van der Waals surface area (Å²) in [6, 6.07) is 13.8. The van der Waals surface area contributed by atoms with E-state index in [2.05, 4.69) is 0 Å². The first kappa shape index (κ1) is 14.1. The van der Waals surface area contributed by atoms with Crippen LogP contribution in [0.3, 0.4) is 0 Å². The van der Waals surface area contributed by atoms with Crippen LogP contribution in [0.15, 0.2) is 48.5 Å². The molecule has 3 nitrogen and oxygen atoms in total. The summed E-state index contributed by atoms with van der Waals surface area (Å²) in [5.74, 6) is -0.657. The normalized spacial score (nSPS) is 10.3. The number of nitrogens with two attached hydrogens (primary N) is 1. The van der Waals surface area contributed by atoms with Gasteiger partial charge in [-0.25, -0.2) is 4.39 Å². The Morgan fingerprint density at radius 2 is 1.90 bits per heavy atom. The maximum atomic E-state index is 13.1. The summed E-state index contributed by atoms with van der Waals surface area (Å²) in [5.41, 5.74) is 6.96. The molecule has 0 unspecified atom stereocenters. The van der Waals surface area contributed by atoms with Gasteiger partial charge in [0, 0.05) is 18.7 Å². The van der Waals surface area contributed by atoms with Gasteiger partial charge in [-0.2, -0.15) is 0 Å². The van der Waals surface area contributed by atoms with Gasteiger partial charge in [-0.1, -0.05) is 30.3 Å². The van der Waals surface area contributed by atoms with Crippen molar-refractivity contribution in [1.82, 2.24) is 4.90 Å². The third-order valence-corrected chi connectivity index (χ3v) is 3.13. The van der Waals surface area contributed by atoms with E-state index in [1.165, 1.54) is 18.2 Å². The second kappa shape index (κ2) is 6.19. The lowest BCUT2D eigenvalue weighted by Gasteiger charge is -2.21. The molecule has 2 rings (SSSR count). The van der Waals surface area contributed by atoms with Crippen molar-refractivity contribution < 1.29 is 9.18 Å². The molecule has 0 bridgehead atoms. The van der Waals surface area contributed by atoms with Crippen LogP contribution in [0.5, 0.6) is 0 Å². The van der Waals surface area contributed by atoms with E-state index < -0.39 is 5.82 Å². The van der Waals surface area contributed by atoms with Crippen LogP contribution in [0.2, 0.25) is 0 Å². The van der Waals surface area contributed by atoms with Gasteiger partial charge in [0.2, 0.25) is 0 Å². The Hall–Kier alpha value is -2.36. The standard InChI is InChI=1S/C16H17FN2O/c1-2-19(11-12-6-4-3-5-7-12)16(20)13-8-9-14(17)15(18)10-13/h3-10H,2,11,18H2,1H3. The van der Waals surface area contributed by atoms with Crippen LogP contribution in [0.25, 0.3) is 0 Å². The van der Waals surface area contributed by atoms with Crippen molar-refractivity contribution in [3.8, 4) is 0 Å². The molecule has 2 aromatic carbocycles. The van der Waals surface area contributed by atoms with E-state index in [0.717, 1.165) is 5.56 Å². The van der Waals surface area contributed by atoms with Crippen LogP contribution in [0.1, 0.15) is 22.8 Å². The van der Waals surface area contributed by atoms with Crippen LogP contribution in [-0.2, 0) is 6.54 Å². The molecule has 0 spiro atoms. The number of hydrogen-bond acceptors (Lipinski definition) is 2. The van der Waals surface area contributed by atoms with Crippen molar-refractivity contribution in [2.45, 2.75) is 13.5 Å². The number of carbonyl (C=O) groups is 1. The Labute approximate surface area is 117 Å². The molecule has 0 atom stereocenters. The zero-order valence-corrected chi connectivity index (χ0v) is 11.3. The molecule has 2 aromatic rings. The maximum Gasteiger partial charge on any atom is 0.254 e. The minimum Gasteiger partial charge on any atom is -0.396 e. The van der Waals surface area contributed by atoms with Crippen molar-refractivity contribution >= 4 is 11.6 Å². The fourth-order valence-corrected chi connectivity index (χ4v) is 1.99. The molecule has 0 aliphatic heterocycles. The molecule has 0 heterocycles. The highest BCUT2D eigenvalue weighted by Crippen LogP contribution is 2.15. The van der Waals surface area contributed by atoms with Crippen LogP contribution >= 0.6 is 0 Å².